The van der Waals surface area contributed by atoms with E-state index in [9.17, 15) is 1.37 Å². The second-order valence-corrected chi connectivity index (χ2v) is 11.3. The molecule has 5 heteroatoms. The maximum absolute atomic E-state index is 9.38. The van der Waals surface area contributed by atoms with E-state index in [-0.39, 0.29) is 67.6 Å². The van der Waals surface area contributed by atoms with Crippen molar-refractivity contribution in [2.24, 2.45) is 0 Å². The number of hydrogen-bond acceptors (Lipinski definition) is 5. The van der Waals surface area contributed by atoms with Crippen LogP contribution in [0.2, 0.25) is 0 Å². The van der Waals surface area contributed by atoms with Crippen LogP contribution in [0.4, 0.5) is 0 Å². The van der Waals surface area contributed by atoms with Gasteiger partial charge in [-0.05, 0) is 53.5 Å². The van der Waals surface area contributed by atoms with Crippen LogP contribution >= 0.6 is 11.3 Å². The van der Waals surface area contributed by atoms with Gasteiger partial charge in [0.1, 0.15) is 11.2 Å². The van der Waals surface area contributed by atoms with E-state index in [0.717, 1.165) is 38.8 Å². The second kappa shape index (κ2) is 9.97. The lowest BCUT2D eigenvalue weighted by Crippen LogP contribution is -2.00. The maximum Gasteiger partial charge on any atom is 0.164 e. The van der Waals surface area contributed by atoms with Gasteiger partial charge in [-0.2, -0.15) is 0 Å². The molecule has 206 valence electrons. The Morgan fingerprint density at radius 2 is 1.11 bits per heavy atom. The molecule has 4 nitrogen and oxygen atoms in total. The summed E-state index contributed by atoms with van der Waals surface area (Å²) >= 11 is 0.984. The third kappa shape index (κ3) is 4.17. The molecule has 0 N–H and O–H groups in total. The summed E-state index contributed by atoms with van der Waals surface area (Å²) in [5.74, 6) is 0.561. The Labute approximate surface area is 266 Å². The minimum Gasteiger partial charge on any atom is -0.456 e. The zero-order valence-corrected chi connectivity index (χ0v) is 23.7. The Morgan fingerprint density at radius 3 is 1.98 bits per heavy atom. The van der Waals surface area contributed by atoms with E-state index in [1.54, 1.807) is 0 Å². The van der Waals surface area contributed by atoms with Crippen LogP contribution in [0.15, 0.2) is 144 Å². The van der Waals surface area contributed by atoms with Crippen molar-refractivity contribution in [3.63, 3.8) is 0 Å². The molecule has 0 saturated heterocycles. The molecule has 0 amide bonds. The SMILES string of the molecule is [2H]c1c([2H])c([2H])c2c(sc3c([2H])c([2H])c(-c4nc(-c5ccc(-c6ccccc6)cc5)nc(-c5ccc6c(c5)oc5ccccc56)n4)c([2H])c32)c1[2H]. The lowest BCUT2D eigenvalue weighted by molar-refractivity contribution is 0.669. The molecule has 0 fully saturated rings. The van der Waals surface area contributed by atoms with Crippen molar-refractivity contribution < 1.29 is 14.0 Å². The third-order valence-electron chi connectivity index (χ3n) is 7.63. The molecular formula is C39H23N3OS. The second-order valence-electron chi connectivity index (χ2n) is 10.3. The number of aromatic nitrogens is 3. The van der Waals surface area contributed by atoms with Crippen molar-refractivity contribution in [1.82, 2.24) is 15.0 Å². The van der Waals surface area contributed by atoms with Crippen LogP contribution in [0.5, 0.6) is 0 Å². The van der Waals surface area contributed by atoms with Gasteiger partial charge in [0, 0.05) is 47.6 Å². The van der Waals surface area contributed by atoms with Crippen molar-refractivity contribution in [2.75, 3.05) is 0 Å². The van der Waals surface area contributed by atoms with Gasteiger partial charge in [-0.3, -0.25) is 0 Å². The number of hydrogen-bond donors (Lipinski definition) is 0. The molecule has 0 unspecified atom stereocenters. The quantitative estimate of drug-likeness (QED) is 0.205. The predicted octanol–water partition coefficient (Wildman–Crippen LogP) is 10.8. The van der Waals surface area contributed by atoms with Gasteiger partial charge in [0.25, 0.3) is 0 Å². The van der Waals surface area contributed by atoms with Crippen molar-refractivity contribution >= 4 is 53.4 Å². The number of nitrogens with zero attached hydrogens (tertiary/aromatic N) is 3. The third-order valence-corrected chi connectivity index (χ3v) is 8.65. The highest BCUT2D eigenvalue weighted by atomic mass is 32.1. The fourth-order valence-electron chi connectivity index (χ4n) is 5.47. The molecule has 0 aliphatic heterocycles. The van der Waals surface area contributed by atoms with Gasteiger partial charge in [-0.15, -0.1) is 11.3 Å². The molecule has 3 aromatic heterocycles. The largest absolute Gasteiger partial charge is 0.456 e. The Bertz CT molecular complexity index is 2890. The summed E-state index contributed by atoms with van der Waals surface area (Å²) in [7, 11) is 0. The monoisotopic (exact) mass is 588 g/mol. The molecule has 0 atom stereocenters. The minimum absolute atomic E-state index is 0.00238. The van der Waals surface area contributed by atoms with Gasteiger partial charge in [-0.25, -0.2) is 15.0 Å². The summed E-state index contributed by atoms with van der Waals surface area (Å²) in [6.45, 7) is 0. The average molecular weight is 589 g/mol. The van der Waals surface area contributed by atoms with Crippen molar-refractivity contribution in [3.05, 3.63) is 139 Å². The average Bonchev–Trinajstić information content (AvgIpc) is 3.75. The van der Waals surface area contributed by atoms with E-state index in [1.165, 1.54) is 0 Å². The molecule has 44 heavy (non-hydrogen) atoms. The summed E-state index contributed by atoms with van der Waals surface area (Å²) in [4.78, 5) is 14.4. The van der Waals surface area contributed by atoms with Crippen molar-refractivity contribution in [1.29, 1.82) is 0 Å². The fourth-order valence-corrected chi connectivity index (χ4v) is 6.39. The first kappa shape index (κ1) is 18.8. The number of benzene rings is 6. The molecular weight excluding hydrogens is 559 g/mol. The van der Waals surface area contributed by atoms with E-state index in [1.807, 2.05) is 97.1 Å². The van der Waals surface area contributed by atoms with Crippen LogP contribution in [0.25, 0.3) is 87.4 Å². The summed E-state index contributed by atoms with van der Waals surface area (Å²) in [5, 5.41) is 2.21. The van der Waals surface area contributed by atoms with E-state index in [0.29, 0.717) is 22.5 Å². The van der Waals surface area contributed by atoms with Gasteiger partial charge in [-0.1, -0.05) is 97.0 Å². The smallest absolute Gasteiger partial charge is 0.164 e. The normalized spacial score (nSPS) is 13.9. The van der Waals surface area contributed by atoms with E-state index < -0.39 is 12.1 Å². The number of fused-ring (bicyclic) bond motifs is 6. The zero-order valence-electron chi connectivity index (χ0n) is 29.9. The van der Waals surface area contributed by atoms with Gasteiger partial charge >= 0.3 is 0 Å². The van der Waals surface area contributed by atoms with E-state index >= 15 is 0 Å². The first-order valence-corrected chi connectivity index (χ1v) is 14.8. The fraction of sp³-hybridized carbons (Fsp3) is 0. The van der Waals surface area contributed by atoms with Gasteiger partial charge < -0.3 is 4.42 Å². The highest BCUT2D eigenvalue weighted by Crippen LogP contribution is 2.37. The molecule has 9 rings (SSSR count). The summed E-state index contributed by atoms with van der Waals surface area (Å²) in [6.07, 6.45) is 0. The first-order valence-electron chi connectivity index (χ1n) is 17.5. The Hall–Kier alpha value is -5.65. The van der Waals surface area contributed by atoms with Gasteiger partial charge in [0.05, 0.1) is 9.60 Å². The van der Waals surface area contributed by atoms with Crippen LogP contribution in [0.3, 0.4) is 0 Å². The van der Waals surface area contributed by atoms with Crippen LogP contribution in [-0.2, 0) is 0 Å². The van der Waals surface area contributed by atoms with Crippen LogP contribution in [-0.4, -0.2) is 15.0 Å². The molecule has 9 aromatic rings. The molecule has 0 spiro atoms. The number of furan rings is 1. The molecule has 0 aliphatic carbocycles. The summed E-state index contributed by atoms with van der Waals surface area (Å²) in [5.41, 5.74) is 4.70. The zero-order chi connectivity index (χ0) is 35.1. The Balaban J connectivity index is 1.30. The molecule has 0 saturated carbocycles. The minimum atomic E-state index is -0.431. The topological polar surface area (TPSA) is 51.8 Å². The maximum atomic E-state index is 9.38. The number of para-hydroxylation sites is 1. The highest BCUT2D eigenvalue weighted by Gasteiger charge is 2.16. The van der Waals surface area contributed by atoms with Gasteiger partial charge in [0.15, 0.2) is 17.5 Å². The van der Waals surface area contributed by atoms with Crippen LogP contribution < -0.4 is 0 Å². The van der Waals surface area contributed by atoms with E-state index in [2.05, 4.69) is 0 Å². The first-order chi connectivity index (χ1) is 24.7. The standard InChI is InChI=1S/C39H23N3OS/c1-2-8-24(9-3-1)25-14-16-26(17-15-25)37-40-38(27-19-21-36-32(22-27)31-11-5-7-13-35(31)44-36)42-39(41-37)28-18-20-30-29-10-4-6-12-33(29)43-34(30)23-28/h1-23H/i5D,7D,11D,13D,19D,21D,22D. The van der Waals surface area contributed by atoms with Crippen molar-refractivity contribution in [3.8, 4) is 45.3 Å². The van der Waals surface area contributed by atoms with Crippen LogP contribution in [0.1, 0.15) is 9.60 Å². The number of rotatable bonds is 4. The lowest BCUT2D eigenvalue weighted by Gasteiger charge is -2.09. The Morgan fingerprint density at radius 1 is 0.477 bits per heavy atom. The summed E-state index contributed by atoms with van der Waals surface area (Å²) < 4.78 is 67.7. The van der Waals surface area contributed by atoms with E-state index in [4.69, 9.17) is 27.6 Å². The molecule has 6 aromatic carbocycles. The molecule has 0 radical (unpaired) electrons. The Kier molecular flexibility index (Phi) is 4.26. The lowest BCUT2D eigenvalue weighted by atomic mass is 10.0. The van der Waals surface area contributed by atoms with Gasteiger partial charge in [0.2, 0.25) is 0 Å². The van der Waals surface area contributed by atoms with Crippen LogP contribution in [0, 0.1) is 0 Å². The summed E-state index contributed by atoms with van der Waals surface area (Å²) in [6, 6.07) is 29.1. The molecule has 0 bridgehead atoms. The molecule has 0 aliphatic rings. The highest BCUT2D eigenvalue weighted by molar-refractivity contribution is 7.25. The van der Waals surface area contributed by atoms with Crippen molar-refractivity contribution in [2.45, 2.75) is 0 Å². The number of thiophene rings is 1. The molecule has 3 heterocycles. The predicted molar refractivity (Wildman–Crippen MR) is 182 cm³/mol.